The van der Waals surface area contributed by atoms with Crippen LogP contribution in [0.3, 0.4) is 0 Å². The van der Waals surface area contributed by atoms with Crippen LogP contribution in [0.4, 0.5) is 0 Å². The van der Waals surface area contributed by atoms with Crippen molar-refractivity contribution in [2.24, 2.45) is 0 Å². The first kappa shape index (κ1) is 12.2. The van der Waals surface area contributed by atoms with Crippen molar-refractivity contribution in [2.75, 3.05) is 0 Å². The molecule has 0 heterocycles. The minimum Gasteiger partial charge on any atom is -0.544 e. The van der Waals surface area contributed by atoms with Gasteiger partial charge in [0.05, 0.1) is 0 Å². The molecule has 0 aliphatic carbocycles. The van der Waals surface area contributed by atoms with Gasteiger partial charge in [0.25, 0.3) is 0 Å². The monoisotopic (exact) mass is 244 g/mol. The van der Waals surface area contributed by atoms with Crippen molar-refractivity contribution >= 4 is 19.1 Å². The van der Waals surface area contributed by atoms with Gasteiger partial charge in [-0.25, -0.2) is 0 Å². The maximum Gasteiger partial charge on any atom is 0.247 e. The van der Waals surface area contributed by atoms with Crippen molar-refractivity contribution in [3.63, 3.8) is 0 Å². The highest BCUT2D eigenvalue weighted by atomic mass is 28.4. The third kappa shape index (κ3) is 2.70. The second-order valence-corrected chi connectivity index (χ2v) is 9.93. The van der Waals surface area contributed by atoms with Gasteiger partial charge in [0.15, 0.2) is 0 Å². The SMILES string of the molecule is CC(C)[Si](C)(C)Oc1ccc2ccccc2c1. The molecule has 2 heteroatoms. The van der Waals surface area contributed by atoms with Crippen LogP contribution in [0.15, 0.2) is 42.5 Å². The largest absolute Gasteiger partial charge is 0.544 e. The molecule has 1 nitrogen and oxygen atoms in total. The lowest BCUT2D eigenvalue weighted by Gasteiger charge is -2.28. The molecule has 0 fully saturated rings. The van der Waals surface area contributed by atoms with Gasteiger partial charge in [-0.05, 0) is 41.5 Å². The summed E-state index contributed by atoms with van der Waals surface area (Å²) in [5.41, 5.74) is 0.619. The lowest BCUT2D eigenvalue weighted by molar-refractivity contribution is 0.534. The zero-order valence-electron chi connectivity index (χ0n) is 11.0. The van der Waals surface area contributed by atoms with Crippen LogP contribution in [0, 0.1) is 0 Å². The lowest BCUT2D eigenvalue weighted by atomic mass is 10.1. The second-order valence-electron chi connectivity index (χ2n) is 5.37. The fraction of sp³-hybridized carbons (Fsp3) is 0.333. The van der Waals surface area contributed by atoms with Crippen LogP contribution < -0.4 is 4.43 Å². The Labute approximate surface area is 105 Å². The zero-order valence-corrected chi connectivity index (χ0v) is 12.0. The molecule has 17 heavy (non-hydrogen) atoms. The second kappa shape index (κ2) is 4.53. The number of hydrogen-bond acceptors (Lipinski definition) is 1. The van der Waals surface area contributed by atoms with Gasteiger partial charge in [0.2, 0.25) is 8.32 Å². The molecule has 0 N–H and O–H groups in total. The molecule has 0 radical (unpaired) electrons. The Morgan fingerprint density at radius 2 is 1.59 bits per heavy atom. The zero-order chi connectivity index (χ0) is 12.5. The van der Waals surface area contributed by atoms with E-state index in [9.17, 15) is 0 Å². The van der Waals surface area contributed by atoms with Crippen molar-refractivity contribution < 1.29 is 4.43 Å². The summed E-state index contributed by atoms with van der Waals surface area (Å²) in [6.07, 6.45) is 0. The van der Waals surface area contributed by atoms with Gasteiger partial charge in [0, 0.05) is 0 Å². The summed E-state index contributed by atoms with van der Waals surface area (Å²) >= 11 is 0. The summed E-state index contributed by atoms with van der Waals surface area (Å²) in [6, 6.07) is 14.8. The van der Waals surface area contributed by atoms with E-state index < -0.39 is 8.32 Å². The fourth-order valence-electron chi connectivity index (χ4n) is 1.65. The molecule has 2 aromatic rings. The van der Waals surface area contributed by atoms with Crippen LogP contribution in [-0.2, 0) is 0 Å². The van der Waals surface area contributed by atoms with E-state index in [1.807, 2.05) is 0 Å². The third-order valence-corrected chi connectivity index (χ3v) is 7.03. The Balaban J connectivity index is 2.31. The highest BCUT2D eigenvalue weighted by Gasteiger charge is 2.28. The topological polar surface area (TPSA) is 9.23 Å². The van der Waals surface area contributed by atoms with Crippen molar-refractivity contribution in [1.29, 1.82) is 0 Å². The van der Waals surface area contributed by atoms with E-state index in [0.29, 0.717) is 5.54 Å². The van der Waals surface area contributed by atoms with E-state index in [1.165, 1.54) is 10.8 Å². The maximum absolute atomic E-state index is 6.21. The first-order chi connectivity index (χ1) is 7.99. The highest BCUT2D eigenvalue weighted by molar-refractivity contribution is 6.73. The Morgan fingerprint density at radius 1 is 0.941 bits per heavy atom. The normalized spacial score (nSPS) is 12.1. The number of fused-ring (bicyclic) bond motifs is 1. The molecular weight excluding hydrogens is 224 g/mol. The molecule has 0 spiro atoms. The molecular formula is C15H20OSi. The Kier molecular flexibility index (Phi) is 3.25. The summed E-state index contributed by atoms with van der Waals surface area (Å²) in [6.45, 7) is 9.03. The van der Waals surface area contributed by atoms with Gasteiger partial charge in [-0.2, -0.15) is 0 Å². The summed E-state index contributed by atoms with van der Waals surface area (Å²) < 4.78 is 6.21. The molecule has 0 aromatic heterocycles. The summed E-state index contributed by atoms with van der Waals surface area (Å²) in [4.78, 5) is 0. The van der Waals surface area contributed by atoms with Gasteiger partial charge in [-0.3, -0.25) is 0 Å². The molecule has 0 atom stereocenters. The van der Waals surface area contributed by atoms with E-state index in [4.69, 9.17) is 4.43 Å². The minimum atomic E-state index is -1.61. The van der Waals surface area contributed by atoms with Crippen LogP contribution in [0.5, 0.6) is 5.75 Å². The van der Waals surface area contributed by atoms with Gasteiger partial charge >= 0.3 is 0 Å². The van der Waals surface area contributed by atoms with Gasteiger partial charge in [-0.1, -0.05) is 44.2 Å². The fourth-order valence-corrected chi connectivity index (χ4v) is 2.62. The van der Waals surface area contributed by atoms with E-state index in [2.05, 4.69) is 69.4 Å². The highest BCUT2D eigenvalue weighted by Crippen LogP contribution is 2.27. The molecule has 0 saturated carbocycles. The molecule has 2 aromatic carbocycles. The molecule has 0 bridgehead atoms. The summed E-state index contributed by atoms with van der Waals surface area (Å²) in [5, 5.41) is 2.52. The first-order valence-electron chi connectivity index (χ1n) is 6.17. The molecule has 0 saturated heterocycles. The predicted molar refractivity (Wildman–Crippen MR) is 77.2 cm³/mol. The minimum absolute atomic E-state index is 0.619. The third-order valence-electron chi connectivity index (χ3n) is 3.49. The molecule has 0 unspecified atom stereocenters. The Morgan fingerprint density at radius 3 is 2.24 bits per heavy atom. The van der Waals surface area contributed by atoms with E-state index in [1.54, 1.807) is 0 Å². The lowest BCUT2D eigenvalue weighted by Crippen LogP contribution is -2.37. The molecule has 0 amide bonds. The summed E-state index contributed by atoms with van der Waals surface area (Å²) in [7, 11) is -1.61. The number of benzene rings is 2. The number of rotatable bonds is 3. The molecule has 2 rings (SSSR count). The van der Waals surface area contributed by atoms with Crippen molar-refractivity contribution in [3.05, 3.63) is 42.5 Å². The molecule has 0 aliphatic heterocycles. The van der Waals surface area contributed by atoms with E-state index >= 15 is 0 Å². The predicted octanol–water partition coefficient (Wildman–Crippen LogP) is 4.83. The summed E-state index contributed by atoms with van der Waals surface area (Å²) in [5.74, 6) is 1.01. The van der Waals surface area contributed by atoms with Crippen LogP contribution in [0.25, 0.3) is 10.8 Å². The van der Waals surface area contributed by atoms with Crippen LogP contribution in [-0.4, -0.2) is 8.32 Å². The van der Waals surface area contributed by atoms with Gasteiger partial charge < -0.3 is 4.43 Å². The smallest absolute Gasteiger partial charge is 0.247 e. The van der Waals surface area contributed by atoms with Crippen molar-refractivity contribution in [1.82, 2.24) is 0 Å². The first-order valence-corrected chi connectivity index (χ1v) is 9.15. The van der Waals surface area contributed by atoms with Gasteiger partial charge in [-0.15, -0.1) is 0 Å². The average molecular weight is 244 g/mol. The molecule has 90 valence electrons. The average Bonchev–Trinajstić information content (AvgIpc) is 2.28. The van der Waals surface area contributed by atoms with Crippen molar-refractivity contribution in [2.45, 2.75) is 32.5 Å². The van der Waals surface area contributed by atoms with E-state index in [0.717, 1.165) is 5.75 Å². The van der Waals surface area contributed by atoms with Crippen LogP contribution >= 0.6 is 0 Å². The number of hydrogen-bond donors (Lipinski definition) is 0. The van der Waals surface area contributed by atoms with Crippen molar-refractivity contribution in [3.8, 4) is 5.75 Å². The van der Waals surface area contributed by atoms with Crippen LogP contribution in [0.1, 0.15) is 13.8 Å². The Hall–Kier alpha value is -1.28. The molecule has 0 aliphatic rings. The van der Waals surface area contributed by atoms with Gasteiger partial charge in [0.1, 0.15) is 5.75 Å². The standard InChI is InChI=1S/C15H20OSi/c1-12(2)17(3,4)16-15-10-9-13-7-5-6-8-14(13)11-15/h5-12H,1-4H3. The Bertz CT molecular complexity index is 517. The quantitative estimate of drug-likeness (QED) is 0.702. The maximum atomic E-state index is 6.21. The van der Waals surface area contributed by atoms with Crippen LogP contribution in [0.2, 0.25) is 18.6 Å². The van der Waals surface area contributed by atoms with E-state index in [-0.39, 0.29) is 0 Å².